The van der Waals surface area contributed by atoms with Gasteiger partial charge in [-0.05, 0) is 46.0 Å². The van der Waals surface area contributed by atoms with Gasteiger partial charge in [0.25, 0.3) is 0 Å². The molecule has 1 aliphatic heterocycles. The molecule has 1 saturated heterocycles. The van der Waals surface area contributed by atoms with E-state index in [1.54, 1.807) is 6.92 Å². The molecule has 0 aliphatic carbocycles. The first-order chi connectivity index (χ1) is 9.55. The molecule has 1 rings (SSSR count). The van der Waals surface area contributed by atoms with Crippen LogP contribution in [0.4, 0.5) is 4.79 Å². The van der Waals surface area contributed by atoms with E-state index in [-0.39, 0.29) is 11.7 Å². The highest BCUT2D eigenvalue weighted by Gasteiger charge is 2.32. The van der Waals surface area contributed by atoms with Gasteiger partial charge >= 0.3 is 6.09 Å². The summed E-state index contributed by atoms with van der Waals surface area (Å²) in [6.07, 6.45) is 0.366. The van der Waals surface area contributed by atoms with Gasteiger partial charge in [-0.3, -0.25) is 0 Å². The molecule has 0 aromatic carbocycles. The van der Waals surface area contributed by atoms with Crippen molar-refractivity contribution in [1.29, 1.82) is 0 Å². The van der Waals surface area contributed by atoms with E-state index in [0.29, 0.717) is 25.6 Å². The molecule has 1 heterocycles. The Balaban J connectivity index is 2.55. The van der Waals surface area contributed by atoms with E-state index in [1.807, 2.05) is 20.8 Å². The highest BCUT2D eigenvalue weighted by Crippen LogP contribution is 2.24. The summed E-state index contributed by atoms with van der Waals surface area (Å²) in [7, 11) is -3.16. The lowest BCUT2D eigenvalue weighted by atomic mass is 9.88. The second-order valence-corrected chi connectivity index (χ2v) is 8.92. The van der Waals surface area contributed by atoms with Gasteiger partial charge in [0.05, 0.1) is 5.75 Å². The molecule has 0 spiro atoms. The molecule has 1 N–H and O–H groups in total. The molecule has 0 bridgehead atoms. The van der Waals surface area contributed by atoms with Crippen LogP contribution in [-0.2, 0) is 14.8 Å². The van der Waals surface area contributed by atoms with E-state index < -0.39 is 21.7 Å². The van der Waals surface area contributed by atoms with E-state index in [9.17, 15) is 13.2 Å². The van der Waals surface area contributed by atoms with Crippen LogP contribution in [0, 0.1) is 11.8 Å². The second-order valence-electron chi connectivity index (χ2n) is 6.67. The Morgan fingerprint density at radius 3 is 2.52 bits per heavy atom. The third-order valence-electron chi connectivity index (χ3n) is 3.74. The van der Waals surface area contributed by atoms with Crippen LogP contribution in [0.1, 0.15) is 41.0 Å². The van der Waals surface area contributed by atoms with Crippen LogP contribution in [0.15, 0.2) is 0 Å². The number of carbonyl (C=O) groups is 1. The van der Waals surface area contributed by atoms with Gasteiger partial charge in [0.15, 0.2) is 0 Å². The van der Waals surface area contributed by atoms with Gasteiger partial charge in [-0.15, -0.1) is 0 Å². The van der Waals surface area contributed by atoms with Crippen molar-refractivity contribution in [1.82, 2.24) is 9.62 Å². The minimum absolute atomic E-state index is 0.118. The fourth-order valence-electron chi connectivity index (χ4n) is 2.35. The normalized spacial score (nSPS) is 24.6. The van der Waals surface area contributed by atoms with Crippen LogP contribution in [-0.4, -0.2) is 49.8 Å². The SMILES string of the molecule is CCS(=O)(=O)N1CCC(C)C(CNC(=O)OC(C)(C)C)C1. The van der Waals surface area contributed by atoms with Gasteiger partial charge in [-0.25, -0.2) is 17.5 Å². The maximum atomic E-state index is 11.9. The molecule has 0 saturated carbocycles. The Hall–Kier alpha value is -0.820. The molecule has 0 aromatic heterocycles. The molecule has 1 aliphatic rings. The average Bonchev–Trinajstić information content (AvgIpc) is 2.35. The zero-order chi connectivity index (χ0) is 16.3. The molecule has 6 nitrogen and oxygen atoms in total. The van der Waals surface area contributed by atoms with Gasteiger partial charge < -0.3 is 10.1 Å². The topological polar surface area (TPSA) is 75.7 Å². The predicted octanol–water partition coefficient (Wildman–Crippen LogP) is 1.82. The van der Waals surface area contributed by atoms with E-state index in [0.717, 1.165) is 6.42 Å². The van der Waals surface area contributed by atoms with Gasteiger partial charge in [-0.2, -0.15) is 0 Å². The highest BCUT2D eigenvalue weighted by atomic mass is 32.2. The van der Waals surface area contributed by atoms with Crippen molar-refractivity contribution < 1.29 is 17.9 Å². The Morgan fingerprint density at radius 2 is 2.00 bits per heavy atom. The number of nitrogens with zero attached hydrogens (tertiary/aromatic N) is 1. The lowest BCUT2D eigenvalue weighted by Gasteiger charge is -2.36. The molecule has 124 valence electrons. The van der Waals surface area contributed by atoms with E-state index >= 15 is 0 Å². The van der Waals surface area contributed by atoms with Crippen molar-refractivity contribution in [3.63, 3.8) is 0 Å². The lowest BCUT2D eigenvalue weighted by molar-refractivity contribution is 0.0504. The van der Waals surface area contributed by atoms with Crippen LogP contribution in [0.2, 0.25) is 0 Å². The molecule has 1 fully saturated rings. The maximum absolute atomic E-state index is 11.9. The summed E-state index contributed by atoms with van der Waals surface area (Å²) in [5.74, 6) is 0.615. The molecule has 1 amide bonds. The van der Waals surface area contributed by atoms with Crippen molar-refractivity contribution in [2.45, 2.75) is 46.6 Å². The number of hydrogen-bond acceptors (Lipinski definition) is 4. The predicted molar refractivity (Wildman–Crippen MR) is 82.5 cm³/mol. The Morgan fingerprint density at radius 1 is 1.38 bits per heavy atom. The quantitative estimate of drug-likeness (QED) is 0.857. The first kappa shape index (κ1) is 18.2. The summed E-state index contributed by atoms with van der Waals surface area (Å²) >= 11 is 0. The molecule has 2 atom stereocenters. The van der Waals surface area contributed by atoms with Gasteiger partial charge in [0.2, 0.25) is 10.0 Å². The number of ether oxygens (including phenoxy) is 1. The number of sulfonamides is 1. The first-order valence-corrected chi connectivity index (χ1v) is 9.10. The number of hydrogen-bond donors (Lipinski definition) is 1. The first-order valence-electron chi connectivity index (χ1n) is 7.50. The monoisotopic (exact) mass is 320 g/mol. The number of piperidine rings is 1. The van der Waals surface area contributed by atoms with Crippen molar-refractivity contribution >= 4 is 16.1 Å². The second kappa shape index (κ2) is 6.96. The zero-order valence-electron chi connectivity index (χ0n) is 13.7. The smallest absolute Gasteiger partial charge is 0.407 e. The van der Waals surface area contributed by atoms with Crippen molar-refractivity contribution in [3.05, 3.63) is 0 Å². The van der Waals surface area contributed by atoms with Crippen LogP contribution in [0.5, 0.6) is 0 Å². The minimum Gasteiger partial charge on any atom is -0.444 e. The number of alkyl carbamates (subject to hydrolysis) is 1. The number of rotatable bonds is 4. The van der Waals surface area contributed by atoms with Gasteiger partial charge in [0, 0.05) is 19.6 Å². The lowest BCUT2D eigenvalue weighted by Crippen LogP contribution is -2.47. The summed E-state index contributed by atoms with van der Waals surface area (Å²) in [5.41, 5.74) is -0.528. The summed E-state index contributed by atoms with van der Waals surface area (Å²) in [4.78, 5) is 11.7. The summed E-state index contributed by atoms with van der Waals surface area (Å²) in [5, 5.41) is 2.75. The Labute approximate surface area is 128 Å². The fraction of sp³-hybridized carbons (Fsp3) is 0.929. The van der Waals surface area contributed by atoms with Gasteiger partial charge in [-0.1, -0.05) is 6.92 Å². The Bertz CT molecular complexity index is 456. The molecule has 0 radical (unpaired) electrons. The summed E-state index contributed by atoms with van der Waals surface area (Å²) < 4.78 is 30.6. The molecule has 2 unspecified atom stereocenters. The van der Waals surface area contributed by atoms with Gasteiger partial charge in [0.1, 0.15) is 5.60 Å². The van der Waals surface area contributed by atoms with Crippen LogP contribution >= 0.6 is 0 Å². The maximum Gasteiger partial charge on any atom is 0.407 e. The standard InChI is InChI=1S/C14H28N2O4S/c1-6-21(18,19)16-8-7-11(2)12(10-16)9-15-13(17)20-14(3,4)5/h11-12H,6-10H2,1-5H3,(H,15,17). The van der Waals surface area contributed by atoms with Crippen molar-refractivity contribution in [2.24, 2.45) is 11.8 Å². The molecule has 0 aromatic rings. The van der Waals surface area contributed by atoms with Crippen molar-refractivity contribution in [3.8, 4) is 0 Å². The fourth-order valence-corrected chi connectivity index (χ4v) is 3.51. The molecule has 21 heavy (non-hydrogen) atoms. The third-order valence-corrected chi connectivity index (χ3v) is 5.59. The largest absolute Gasteiger partial charge is 0.444 e. The summed E-state index contributed by atoms with van der Waals surface area (Å²) in [6.45, 7) is 10.7. The van der Waals surface area contributed by atoms with E-state index in [1.165, 1.54) is 4.31 Å². The molecular weight excluding hydrogens is 292 g/mol. The zero-order valence-corrected chi connectivity index (χ0v) is 14.5. The molecule has 7 heteroatoms. The van der Waals surface area contributed by atoms with E-state index in [2.05, 4.69) is 12.2 Å². The molecular formula is C14H28N2O4S. The van der Waals surface area contributed by atoms with E-state index in [4.69, 9.17) is 4.74 Å². The van der Waals surface area contributed by atoms with Crippen LogP contribution < -0.4 is 5.32 Å². The highest BCUT2D eigenvalue weighted by molar-refractivity contribution is 7.89. The minimum atomic E-state index is -3.16. The average molecular weight is 320 g/mol. The number of carbonyl (C=O) groups excluding carboxylic acids is 1. The van der Waals surface area contributed by atoms with Crippen LogP contribution in [0.3, 0.4) is 0 Å². The van der Waals surface area contributed by atoms with Crippen LogP contribution in [0.25, 0.3) is 0 Å². The Kier molecular flexibility index (Phi) is 6.04. The summed E-state index contributed by atoms with van der Waals surface area (Å²) in [6, 6.07) is 0. The number of nitrogens with one attached hydrogen (secondary N) is 1. The third kappa shape index (κ3) is 5.82. The number of amides is 1. The van der Waals surface area contributed by atoms with Crippen molar-refractivity contribution in [2.75, 3.05) is 25.4 Å².